The summed E-state index contributed by atoms with van der Waals surface area (Å²) in [6.45, 7) is 1.95. The van der Waals surface area contributed by atoms with Crippen molar-refractivity contribution in [2.45, 2.75) is 31.9 Å². The number of hydrogen-bond donors (Lipinski definition) is 0. The molecule has 3 rings (SSSR count). The van der Waals surface area contributed by atoms with Crippen LogP contribution in [-0.2, 0) is 6.61 Å². The highest BCUT2D eigenvalue weighted by atomic mass is 16.5. The molecule has 0 radical (unpaired) electrons. The smallest absolute Gasteiger partial charge is 0.275 e. The lowest BCUT2D eigenvalue weighted by Crippen LogP contribution is -2.45. The van der Waals surface area contributed by atoms with Crippen molar-refractivity contribution in [2.24, 2.45) is 0 Å². The standard InChI is InChI=1S/C20H27N3O4/c1-22-11-7-6-8-15(22)13-23(2)20(24)17-12-16(27-21-17)14-26-19-10-5-4-9-18(19)25-3/h4-5,9-10,12,15H,6-8,11,13-14H2,1-3H3/t15-/m0/s1. The number of carbonyl (C=O) groups is 1. The summed E-state index contributed by atoms with van der Waals surface area (Å²) >= 11 is 0. The molecule has 0 unspecified atom stereocenters. The van der Waals surface area contributed by atoms with E-state index in [1.165, 1.54) is 12.8 Å². The van der Waals surface area contributed by atoms with E-state index in [2.05, 4.69) is 17.1 Å². The third-order valence-corrected chi connectivity index (χ3v) is 4.97. The Kier molecular flexibility index (Phi) is 6.34. The zero-order chi connectivity index (χ0) is 19.2. The maximum absolute atomic E-state index is 12.6. The second-order valence-electron chi connectivity index (χ2n) is 6.93. The van der Waals surface area contributed by atoms with E-state index >= 15 is 0 Å². The van der Waals surface area contributed by atoms with Crippen LogP contribution < -0.4 is 9.47 Å². The molecule has 2 heterocycles. The van der Waals surface area contributed by atoms with Crippen LogP contribution in [0.1, 0.15) is 35.5 Å². The summed E-state index contributed by atoms with van der Waals surface area (Å²) < 4.78 is 16.2. The third kappa shape index (κ3) is 4.80. The van der Waals surface area contributed by atoms with E-state index in [9.17, 15) is 4.79 Å². The molecule has 1 aromatic carbocycles. The first-order chi connectivity index (χ1) is 13.1. The van der Waals surface area contributed by atoms with Crippen LogP contribution in [0.3, 0.4) is 0 Å². The Morgan fingerprint density at radius 3 is 2.85 bits per heavy atom. The average Bonchev–Trinajstić information content (AvgIpc) is 3.16. The lowest BCUT2D eigenvalue weighted by molar-refractivity contribution is 0.0707. The van der Waals surface area contributed by atoms with Gasteiger partial charge in [0.05, 0.1) is 7.11 Å². The van der Waals surface area contributed by atoms with Crippen LogP contribution in [0.15, 0.2) is 34.9 Å². The maximum Gasteiger partial charge on any atom is 0.275 e. The van der Waals surface area contributed by atoms with Gasteiger partial charge in [0.25, 0.3) is 5.91 Å². The number of amides is 1. The van der Waals surface area contributed by atoms with Gasteiger partial charge < -0.3 is 23.8 Å². The molecule has 1 amide bonds. The van der Waals surface area contributed by atoms with Crippen molar-refractivity contribution in [3.8, 4) is 11.5 Å². The lowest BCUT2D eigenvalue weighted by atomic mass is 10.0. The highest BCUT2D eigenvalue weighted by molar-refractivity contribution is 5.92. The quantitative estimate of drug-likeness (QED) is 0.743. The molecule has 27 heavy (non-hydrogen) atoms. The topological polar surface area (TPSA) is 68.0 Å². The monoisotopic (exact) mass is 373 g/mol. The van der Waals surface area contributed by atoms with E-state index in [-0.39, 0.29) is 12.5 Å². The molecule has 1 saturated heterocycles. The van der Waals surface area contributed by atoms with Gasteiger partial charge in [-0.05, 0) is 38.6 Å². The van der Waals surface area contributed by atoms with E-state index in [1.54, 1.807) is 18.1 Å². The molecular weight excluding hydrogens is 346 g/mol. The number of nitrogens with zero attached hydrogens (tertiary/aromatic N) is 3. The molecule has 1 aliphatic heterocycles. The SMILES string of the molecule is COc1ccccc1OCc1cc(C(=O)N(C)C[C@@H]2CCCCN2C)no1. The molecule has 1 aromatic heterocycles. The first-order valence-electron chi connectivity index (χ1n) is 9.25. The summed E-state index contributed by atoms with van der Waals surface area (Å²) in [4.78, 5) is 16.7. The number of likely N-dealkylation sites (N-methyl/N-ethyl adjacent to an activating group) is 2. The second-order valence-corrected chi connectivity index (χ2v) is 6.93. The second kappa shape index (κ2) is 8.90. The number of rotatable bonds is 7. The molecule has 0 saturated carbocycles. The number of likely N-dealkylation sites (tertiary alicyclic amines) is 1. The first kappa shape index (κ1) is 19.2. The average molecular weight is 373 g/mol. The molecule has 7 heteroatoms. The number of hydrogen-bond acceptors (Lipinski definition) is 6. The minimum absolute atomic E-state index is 0.138. The summed E-state index contributed by atoms with van der Waals surface area (Å²) in [5, 5.41) is 3.91. The maximum atomic E-state index is 12.6. The predicted molar refractivity (Wildman–Crippen MR) is 101 cm³/mol. The molecule has 0 aliphatic carbocycles. The van der Waals surface area contributed by atoms with Crippen LogP contribution >= 0.6 is 0 Å². The van der Waals surface area contributed by atoms with E-state index in [0.717, 1.165) is 13.0 Å². The van der Waals surface area contributed by atoms with Crippen molar-refractivity contribution in [3.05, 3.63) is 41.8 Å². The molecule has 1 aliphatic rings. The number of ether oxygens (including phenoxy) is 2. The number of benzene rings is 1. The minimum atomic E-state index is -0.138. The Hall–Kier alpha value is -2.54. The van der Waals surface area contributed by atoms with Crippen LogP contribution in [0.25, 0.3) is 0 Å². The lowest BCUT2D eigenvalue weighted by Gasteiger charge is -2.34. The zero-order valence-corrected chi connectivity index (χ0v) is 16.2. The minimum Gasteiger partial charge on any atom is -0.493 e. The molecule has 7 nitrogen and oxygen atoms in total. The Balaban J connectivity index is 1.57. The molecule has 0 N–H and O–H groups in total. The Bertz CT molecular complexity index is 761. The summed E-state index contributed by atoms with van der Waals surface area (Å²) in [7, 11) is 5.52. The van der Waals surface area contributed by atoms with Gasteiger partial charge in [0.2, 0.25) is 0 Å². The van der Waals surface area contributed by atoms with Crippen molar-refractivity contribution < 1.29 is 18.8 Å². The molecule has 1 fully saturated rings. The number of aromatic nitrogens is 1. The van der Waals surface area contributed by atoms with E-state index < -0.39 is 0 Å². The van der Waals surface area contributed by atoms with Crippen LogP contribution in [0.2, 0.25) is 0 Å². The zero-order valence-electron chi connectivity index (χ0n) is 16.2. The van der Waals surface area contributed by atoms with Crippen LogP contribution in [-0.4, -0.2) is 61.2 Å². The highest BCUT2D eigenvalue weighted by Crippen LogP contribution is 2.26. The summed E-state index contributed by atoms with van der Waals surface area (Å²) in [5.41, 5.74) is 0.301. The summed E-state index contributed by atoms with van der Waals surface area (Å²) in [5.74, 6) is 1.61. The van der Waals surface area contributed by atoms with Crippen molar-refractivity contribution in [1.29, 1.82) is 0 Å². The van der Waals surface area contributed by atoms with Crippen molar-refractivity contribution in [2.75, 3.05) is 34.3 Å². The largest absolute Gasteiger partial charge is 0.493 e. The van der Waals surface area contributed by atoms with Gasteiger partial charge in [-0.2, -0.15) is 0 Å². The van der Waals surface area contributed by atoms with Crippen LogP contribution in [0, 0.1) is 0 Å². The van der Waals surface area contributed by atoms with Crippen LogP contribution in [0.4, 0.5) is 0 Å². The number of piperidine rings is 1. The van der Waals surface area contributed by atoms with Gasteiger partial charge in [-0.3, -0.25) is 4.79 Å². The van der Waals surface area contributed by atoms with Gasteiger partial charge in [0.1, 0.15) is 6.61 Å². The van der Waals surface area contributed by atoms with Gasteiger partial charge in [0.15, 0.2) is 23.0 Å². The van der Waals surface area contributed by atoms with Crippen molar-refractivity contribution in [3.63, 3.8) is 0 Å². The Morgan fingerprint density at radius 2 is 2.11 bits per heavy atom. The molecule has 1 atom stereocenters. The highest BCUT2D eigenvalue weighted by Gasteiger charge is 2.24. The van der Waals surface area contributed by atoms with Crippen LogP contribution in [0.5, 0.6) is 11.5 Å². The summed E-state index contributed by atoms with van der Waals surface area (Å²) in [6.07, 6.45) is 3.56. The van der Waals surface area contributed by atoms with E-state index in [0.29, 0.717) is 35.5 Å². The van der Waals surface area contributed by atoms with Gasteiger partial charge in [-0.25, -0.2) is 0 Å². The number of carbonyl (C=O) groups excluding carboxylic acids is 1. The fourth-order valence-electron chi connectivity index (χ4n) is 3.34. The fourth-order valence-corrected chi connectivity index (χ4v) is 3.34. The molecule has 2 aromatic rings. The molecular formula is C20H27N3O4. The molecule has 0 bridgehead atoms. The summed E-state index contributed by atoms with van der Waals surface area (Å²) in [6, 6.07) is 9.41. The first-order valence-corrected chi connectivity index (χ1v) is 9.25. The van der Waals surface area contributed by atoms with E-state index in [4.69, 9.17) is 14.0 Å². The van der Waals surface area contributed by atoms with Gasteiger partial charge in [-0.1, -0.05) is 23.7 Å². The van der Waals surface area contributed by atoms with Gasteiger partial charge in [0, 0.05) is 25.7 Å². The predicted octanol–water partition coefficient (Wildman–Crippen LogP) is 2.82. The Labute approximate surface area is 159 Å². The number of para-hydroxylation sites is 2. The van der Waals surface area contributed by atoms with E-state index in [1.807, 2.05) is 31.3 Å². The fraction of sp³-hybridized carbons (Fsp3) is 0.500. The third-order valence-electron chi connectivity index (χ3n) is 4.97. The molecule has 146 valence electrons. The van der Waals surface area contributed by atoms with Crippen molar-refractivity contribution >= 4 is 5.91 Å². The Morgan fingerprint density at radius 1 is 1.33 bits per heavy atom. The number of methoxy groups -OCH3 is 1. The van der Waals surface area contributed by atoms with Gasteiger partial charge >= 0.3 is 0 Å². The van der Waals surface area contributed by atoms with Crippen molar-refractivity contribution in [1.82, 2.24) is 15.0 Å². The van der Waals surface area contributed by atoms with Gasteiger partial charge in [-0.15, -0.1) is 0 Å². The molecule has 0 spiro atoms. The normalized spacial score (nSPS) is 17.5.